The topological polar surface area (TPSA) is 66.5 Å². The Morgan fingerprint density at radius 1 is 0.962 bits per heavy atom. The Labute approximate surface area is 153 Å². The van der Waals surface area contributed by atoms with E-state index in [4.69, 9.17) is 0 Å². The van der Waals surface area contributed by atoms with Crippen LogP contribution in [0.3, 0.4) is 0 Å². The SMILES string of the molecule is CCCCN1C(=O)c2ccc(C(=O)Nc3ccc(C)c(C)c3)cc2C1=O. The molecule has 1 aliphatic heterocycles. The number of fused-ring (bicyclic) bond motifs is 1. The molecule has 0 unspecified atom stereocenters. The van der Waals surface area contributed by atoms with Crippen LogP contribution in [-0.2, 0) is 0 Å². The maximum absolute atomic E-state index is 12.5. The van der Waals surface area contributed by atoms with Gasteiger partial charge in [0, 0.05) is 17.8 Å². The molecule has 0 radical (unpaired) electrons. The summed E-state index contributed by atoms with van der Waals surface area (Å²) in [6, 6.07) is 10.4. The Hall–Kier alpha value is -2.95. The number of rotatable bonds is 5. The van der Waals surface area contributed by atoms with Crippen LogP contribution in [0.25, 0.3) is 0 Å². The summed E-state index contributed by atoms with van der Waals surface area (Å²) >= 11 is 0. The third kappa shape index (κ3) is 3.25. The van der Waals surface area contributed by atoms with Crippen LogP contribution in [0.15, 0.2) is 36.4 Å². The van der Waals surface area contributed by atoms with E-state index in [-0.39, 0.29) is 17.7 Å². The van der Waals surface area contributed by atoms with E-state index in [1.54, 1.807) is 12.1 Å². The number of carbonyl (C=O) groups excluding carboxylic acids is 3. The number of hydrogen-bond acceptors (Lipinski definition) is 3. The Morgan fingerprint density at radius 2 is 1.69 bits per heavy atom. The first kappa shape index (κ1) is 17.9. The van der Waals surface area contributed by atoms with Crippen LogP contribution >= 0.6 is 0 Å². The zero-order valence-corrected chi connectivity index (χ0v) is 15.3. The van der Waals surface area contributed by atoms with E-state index in [1.807, 2.05) is 39.0 Å². The van der Waals surface area contributed by atoms with Crippen molar-refractivity contribution in [3.63, 3.8) is 0 Å². The molecule has 3 rings (SSSR count). The summed E-state index contributed by atoms with van der Waals surface area (Å²) in [4.78, 5) is 38.7. The van der Waals surface area contributed by atoms with Gasteiger partial charge in [-0.25, -0.2) is 0 Å². The molecular weight excluding hydrogens is 328 g/mol. The van der Waals surface area contributed by atoms with Crippen LogP contribution < -0.4 is 5.32 Å². The van der Waals surface area contributed by atoms with Crippen molar-refractivity contribution in [3.05, 3.63) is 64.2 Å². The number of aryl methyl sites for hydroxylation is 2. The van der Waals surface area contributed by atoms with Crippen molar-refractivity contribution in [1.29, 1.82) is 0 Å². The molecule has 0 atom stereocenters. The van der Waals surface area contributed by atoms with Gasteiger partial charge in [0.2, 0.25) is 0 Å². The van der Waals surface area contributed by atoms with Crippen LogP contribution in [0.2, 0.25) is 0 Å². The number of unbranched alkanes of at least 4 members (excludes halogenated alkanes) is 1. The maximum atomic E-state index is 12.5. The third-order valence-corrected chi connectivity index (χ3v) is 4.73. The molecule has 0 aromatic heterocycles. The number of anilines is 1. The predicted octanol–water partition coefficient (Wildman–Crippen LogP) is 3.95. The molecule has 2 aromatic carbocycles. The molecule has 1 heterocycles. The van der Waals surface area contributed by atoms with Crippen molar-refractivity contribution in [2.24, 2.45) is 0 Å². The minimum Gasteiger partial charge on any atom is -0.322 e. The van der Waals surface area contributed by atoms with Crippen LogP contribution in [-0.4, -0.2) is 29.2 Å². The third-order valence-electron chi connectivity index (χ3n) is 4.73. The molecule has 0 saturated carbocycles. The maximum Gasteiger partial charge on any atom is 0.261 e. The fourth-order valence-corrected chi connectivity index (χ4v) is 2.97. The lowest BCUT2D eigenvalue weighted by Gasteiger charge is -2.12. The highest BCUT2D eigenvalue weighted by Crippen LogP contribution is 2.25. The van der Waals surface area contributed by atoms with Crippen LogP contribution in [0.5, 0.6) is 0 Å². The standard InChI is InChI=1S/C21H22N2O3/c1-4-5-10-23-20(25)17-9-7-15(12-18(17)21(23)26)19(24)22-16-8-6-13(2)14(3)11-16/h6-9,11-12H,4-5,10H2,1-3H3,(H,22,24). The molecule has 134 valence electrons. The second-order valence-corrected chi connectivity index (χ2v) is 6.63. The minimum absolute atomic E-state index is 0.278. The average molecular weight is 350 g/mol. The Balaban J connectivity index is 1.82. The van der Waals surface area contributed by atoms with Gasteiger partial charge >= 0.3 is 0 Å². The van der Waals surface area contributed by atoms with Crippen LogP contribution in [0.1, 0.15) is 62.0 Å². The molecule has 0 fully saturated rings. The Bertz CT molecular complexity index is 902. The molecule has 26 heavy (non-hydrogen) atoms. The van der Waals surface area contributed by atoms with Crippen molar-refractivity contribution < 1.29 is 14.4 Å². The molecule has 5 nitrogen and oxygen atoms in total. The second kappa shape index (κ2) is 7.12. The molecule has 0 aliphatic carbocycles. The minimum atomic E-state index is -0.320. The van der Waals surface area contributed by atoms with Gasteiger partial charge in [-0.15, -0.1) is 0 Å². The molecule has 3 amide bonds. The molecule has 1 N–H and O–H groups in total. The van der Waals surface area contributed by atoms with Gasteiger partial charge < -0.3 is 5.32 Å². The molecule has 0 saturated heterocycles. The van der Waals surface area contributed by atoms with Gasteiger partial charge in [-0.2, -0.15) is 0 Å². The number of benzene rings is 2. The fourth-order valence-electron chi connectivity index (χ4n) is 2.97. The summed E-state index contributed by atoms with van der Waals surface area (Å²) in [7, 11) is 0. The second-order valence-electron chi connectivity index (χ2n) is 6.63. The normalized spacial score (nSPS) is 13.1. The van der Waals surface area contributed by atoms with E-state index >= 15 is 0 Å². The number of nitrogens with one attached hydrogen (secondary N) is 1. The number of carbonyl (C=O) groups is 3. The highest BCUT2D eigenvalue weighted by atomic mass is 16.2. The van der Waals surface area contributed by atoms with E-state index in [9.17, 15) is 14.4 Å². The van der Waals surface area contributed by atoms with E-state index in [1.165, 1.54) is 11.0 Å². The summed E-state index contributed by atoms with van der Waals surface area (Å²) in [5, 5.41) is 2.84. The zero-order chi connectivity index (χ0) is 18.8. The highest BCUT2D eigenvalue weighted by molar-refractivity contribution is 6.22. The van der Waals surface area contributed by atoms with Crippen molar-refractivity contribution in [3.8, 4) is 0 Å². The van der Waals surface area contributed by atoms with Gasteiger partial charge in [0.25, 0.3) is 17.7 Å². The average Bonchev–Trinajstić information content (AvgIpc) is 2.86. The molecule has 5 heteroatoms. The van der Waals surface area contributed by atoms with Crippen molar-refractivity contribution in [1.82, 2.24) is 4.90 Å². The van der Waals surface area contributed by atoms with Gasteiger partial charge in [-0.05, 0) is 61.7 Å². The zero-order valence-electron chi connectivity index (χ0n) is 15.3. The monoisotopic (exact) mass is 350 g/mol. The molecule has 2 aromatic rings. The first-order valence-electron chi connectivity index (χ1n) is 8.81. The van der Waals surface area contributed by atoms with E-state index < -0.39 is 0 Å². The fraction of sp³-hybridized carbons (Fsp3) is 0.286. The predicted molar refractivity (Wildman–Crippen MR) is 101 cm³/mol. The van der Waals surface area contributed by atoms with Gasteiger partial charge in [0.1, 0.15) is 0 Å². The largest absolute Gasteiger partial charge is 0.322 e. The summed E-state index contributed by atoms with van der Waals surface area (Å²) < 4.78 is 0. The smallest absolute Gasteiger partial charge is 0.261 e. The lowest BCUT2D eigenvalue weighted by atomic mass is 10.0. The molecule has 0 spiro atoms. The summed E-state index contributed by atoms with van der Waals surface area (Å²) in [5.41, 5.74) is 3.97. The van der Waals surface area contributed by atoms with Gasteiger partial charge in [-0.3, -0.25) is 19.3 Å². The van der Waals surface area contributed by atoms with Crippen molar-refractivity contribution in [2.45, 2.75) is 33.6 Å². The quantitative estimate of drug-likeness (QED) is 0.830. The number of amides is 3. The Kier molecular flexibility index (Phi) is 4.89. The van der Waals surface area contributed by atoms with E-state index in [0.29, 0.717) is 28.9 Å². The van der Waals surface area contributed by atoms with Gasteiger partial charge in [0.15, 0.2) is 0 Å². The van der Waals surface area contributed by atoms with Crippen molar-refractivity contribution >= 4 is 23.4 Å². The van der Waals surface area contributed by atoms with Crippen LogP contribution in [0, 0.1) is 13.8 Å². The number of nitrogens with zero attached hydrogens (tertiary/aromatic N) is 1. The van der Waals surface area contributed by atoms with Crippen LogP contribution in [0.4, 0.5) is 5.69 Å². The molecule has 1 aliphatic rings. The summed E-state index contributed by atoms with van der Waals surface area (Å²) in [6.07, 6.45) is 1.67. The molecule has 0 bridgehead atoms. The first-order valence-corrected chi connectivity index (χ1v) is 8.81. The number of imide groups is 1. The summed E-state index contributed by atoms with van der Waals surface area (Å²) in [5.74, 6) is -0.901. The lowest BCUT2D eigenvalue weighted by molar-refractivity contribution is 0.0652. The lowest BCUT2D eigenvalue weighted by Crippen LogP contribution is -2.30. The van der Waals surface area contributed by atoms with E-state index in [0.717, 1.165) is 24.0 Å². The van der Waals surface area contributed by atoms with Gasteiger partial charge in [-0.1, -0.05) is 19.4 Å². The first-order chi connectivity index (χ1) is 12.4. The molecular formula is C21H22N2O3. The Morgan fingerprint density at radius 3 is 2.38 bits per heavy atom. The van der Waals surface area contributed by atoms with E-state index in [2.05, 4.69) is 5.32 Å². The number of hydrogen-bond donors (Lipinski definition) is 1. The van der Waals surface area contributed by atoms with Crippen molar-refractivity contribution in [2.75, 3.05) is 11.9 Å². The highest BCUT2D eigenvalue weighted by Gasteiger charge is 2.35. The van der Waals surface area contributed by atoms with Gasteiger partial charge in [0.05, 0.1) is 11.1 Å². The summed E-state index contributed by atoms with van der Waals surface area (Å²) in [6.45, 7) is 6.41.